The fourth-order valence-corrected chi connectivity index (χ4v) is 5.37. The summed E-state index contributed by atoms with van der Waals surface area (Å²) >= 11 is 0. The molecule has 2 fully saturated rings. The molecule has 1 aliphatic heterocycles. The summed E-state index contributed by atoms with van der Waals surface area (Å²) in [6.45, 7) is 2.36. The highest BCUT2D eigenvalue weighted by Crippen LogP contribution is 2.52. The molecule has 2 aliphatic carbocycles. The van der Waals surface area contributed by atoms with Crippen molar-refractivity contribution in [2.45, 2.75) is 49.9 Å². The standard InChI is InChI=1S/C25H29N3O2/c29-23(27-17-18-5-6-18)15-20-16-25(22-4-2-1-3-21(20)22)9-13-28(14-10-25)24(30)19-7-11-26-12-8-19/h1-4,7-8,11-12,18,20H,5-6,9-10,13-17H2,(H,27,29). The van der Waals surface area contributed by atoms with E-state index in [2.05, 4.69) is 34.6 Å². The van der Waals surface area contributed by atoms with E-state index < -0.39 is 0 Å². The van der Waals surface area contributed by atoms with Crippen LogP contribution in [0.4, 0.5) is 0 Å². The van der Waals surface area contributed by atoms with Gasteiger partial charge < -0.3 is 10.2 Å². The molecule has 1 unspecified atom stereocenters. The van der Waals surface area contributed by atoms with E-state index in [4.69, 9.17) is 0 Å². The second kappa shape index (κ2) is 7.86. The van der Waals surface area contributed by atoms with E-state index in [1.807, 2.05) is 4.90 Å². The average molecular weight is 404 g/mol. The lowest BCUT2D eigenvalue weighted by atomic mass is 9.73. The van der Waals surface area contributed by atoms with Crippen molar-refractivity contribution in [1.29, 1.82) is 0 Å². The third-order valence-electron chi connectivity index (χ3n) is 7.26. The van der Waals surface area contributed by atoms with Gasteiger partial charge in [0, 0.05) is 44.0 Å². The number of fused-ring (bicyclic) bond motifs is 2. The highest BCUT2D eigenvalue weighted by molar-refractivity contribution is 5.94. The maximum absolute atomic E-state index is 12.8. The van der Waals surface area contributed by atoms with E-state index in [1.54, 1.807) is 24.5 Å². The number of pyridine rings is 1. The van der Waals surface area contributed by atoms with Crippen LogP contribution in [-0.4, -0.2) is 41.3 Å². The number of nitrogens with one attached hydrogen (secondary N) is 1. The largest absolute Gasteiger partial charge is 0.356 e. The zero-order valence-electron chi connectivity index (χ0n) is 17.3. The van der Waals surface area contributed by atoms with Crippen molar-refractivity contribution >= 4 is 11.8 Å². The Morgan fingerprint density at radius 1 is 1.07 bits per heavy atom. The minimum atomic E-state index is 0.0903. The topological polar surface area (TPSA) is 62.3 Å². The first-order chi connectivity index (χ1) is 14.6. The van der Waals surface area contributed by atoms with Crippen molar-refractivity contribution in [2.75, 3.05) is 19.6 Å². The second-order valence-corrected chi connectivity index (χ2v) is 9.25. The first-order valence-corrected chi connectivity index (χ1v) is 11.2. The molecule has 2 heterocycles. The summed E-state index contributed by atoms with van der Waals surface area (Å²) < 4.78 is 0. The van der Waals surface area contributed by atoms with Gasteiger partial charge in [-0.3, -0.25) is 14.6 Å². The summed E-state index contributed by atoms with van der Waals surface area (Å²) in [5.74, 6) is 1.26. The predicted octanol–water partition coefficient (Wildman–Crippen LogP) is 3.66. The number of benzene rings is 1. The average Bonchev–Trinajstić information content (AvgIpc) is 3.58. The summed E-state index contributed by atoms with van der Waals surface area (Å²) in [5.41, 5.74) is 3.54. The minimum absolute atomic E-state index is 0.0903. The van der Waals surface area contributed by atoms with Gasteiger partial charge in [-0.15, -0.1) is 0 Å². The van der Waals surface area contributed by atoms with Gasteiger partial charge in [0.05, 0.1) is 0 Å². The lowest BCUT2D eigenvalue weighted by Crippen LogP contribution is -2.44. The van der Waals surface area contributed by atoms with E-state index >= 15 is 0 Å². The first-order valence-electron chi connectivity index (χ1n) is 11.2. The Bertz CT molecular complexity index is 930. The molecule has 30 heavy (non-hydrogen) atoms. The fraction of sp³-hybridized carbons (Fsp3) is 0.480. The van der Waals surface area contributed by atoms with Crippen LogP contribution >= 0.6 is 0 Å². The molecule has 1 N–H and O–H groups in total. The third kappa shape index (κ3) is 3.73. The van der Waals surface area contributed by atoms with Crippen LogP contribution in [0.5, 0.6) is 0 Å². The molecule has 1 saturated heterocycles. The van der Waals surface area contributed by atoms with Crippen molar-refractivity contribution in [2.24, 2.45) is 5.92 Å². The Morgan fingerprint density at radius 2 is 1.80 bits per heavy atom. The molecule has 1 spiro atoms. The van der Waals surface area contributed by atoms with Gasteiger partial charge in [0.2, 0.25) is 5.91 Å². The first kappa shape index (κ1) is 19.3. The van der Waals surface area contributed by atoms with Gasteiger partial charge >= 0.3 is 0 Å². The molecule has 5 nitrogen and oxygen atoms in total. The van der Waals surface area contributed by atoms with Crippen LogP contribution in [0.1, 0.15) is 65.9 Å². The van der Waals surface area contributed by atoms with E-state index in [9.17, 15) is 9.59 Å². The SMILES string of the molecule is O=C(CC1CC2(CCN(C(=O)c3ccncc3)CC2)c2ccccc21)NCC1CC1. The molecule has 1 aromatic heterocycles. The molecule has 2 aromatic rings. The highest BCUT2D eigenvalue weighted by atomic mass is 16.2. The Hall–Kier alpha value is -2.69. The van der Waals surface area contributed by atoms with Gasteiger partial charge in [0.25, 0.3) is 5.91 Å². The van der Waals surface area contributed by atoms with E-state index in [1.165, 1.54) is 24.0 Å². The molecule has 5 heteroatoms. The number of rotatable bonds is 5. The van der Waals surface area contributed by atoms with E-state index in [-0.39, 0.29) is 23.1 Å². The molecule has 1 aromatic carbocycles. The summed E-state index contributed by atoms with van der Waals surface area (Å²) in [7, 11) is 0. The van der Waals surface area contributed by atoms with E-state index in [0.717, 1.165) is 38.9 Å². The molecule has 156 valence electrons. The van der Waals surface area contributed by atoms with Crippen LogP contribution in [0.2, 0.25) is 0 Å². The Labute approximate surface area is 177 Å². The number of carbonyl (C=O) groups excluding carboxylic acids is 2. The van der Waals surface area contributed by atoms with E-state index in [0.29, 0.717) is 17.9 Å². The number of aromatic nitrogens is 1. The summed E-state index contributed by atoms with van der Waals surface area (Å²) in [5, 5.41) is 3.14. The Kier molecular flexibility index (Phi) is 5.05. The van der Waals surface area contributed by atoms with Crippen LogP contribution in [0.3, 0.4) is 0 Å². The second-order valence-electron chi connectivity index (χ2n) is 9.25. The maximum Gasteiger partial charge on any atom is 0.253 e. The normalized spacial score (nSPS) is 22.0. The zero-order valence-corrected chi connectivity index (χ0v) is 17.3. The molecule has 2 amide bonds. The number of hydrogen-bond acceptors (Lipinski definition) is 3. The smallest absolute Gasteiger partial charge is 0.253 e. The van der Waals surface area contributed by atoms with Gasteiger partial charge in [-0.05, 0) is 72.6 Å². The number of nitrogens with zero attached hydrogens (tertiary/aromatic N) is 2. The maximum atomic E-state index is 12.8. The van der Waals surface area contributed by atoms with Gasteiger partial charge in [0.1, 0.15) is 0 Å². The fourth-order valence-electron chi connectivity index (χ4n) is 5.37. The van der Waals surface area contributed by atoms with Crippen molar-refractivity contribution in [3.05, 3.63) is 65.5 Å². The summed E-state index contributed by atoms with van der Waals surface area (Å²) in [6.07, 6.45) is 9.36. The highest BCUT2D eigenvalue weighted by Gasteiger charge is 2.46. The lowest BCUT2D eigenvalue weighted by molar-refractivity contribution is -0.121. The van der Waals surface area contributed by atoms with Gasteiger partial charge in [-0.2, -0.15) is 0 Å². The van der Waals surface area contributed by atoms with Crippen LogP contribution in [0.25, 0.3) is 0 Å². The van der Waals surface area contributed by atoms with Crippen LogP contribution < -0.4 is 5.32 Å². The number of carbonyl (C=O) groups is 2. The number of piperidine rings is 1. The minimum Gasteiger partial charge on any atom is -0.356 e. The van der Waals surface area contributed by atoms with Gasteiger partial charge in [0.15, 0.2) is 0 Å². The molecule has 5 rings (SSSR count). The Morgan fingerprint density at radius 3 is 2.53 bits per heavy atom. The van der Waals surface area contributed by atoms with Crippen molar-refractivity contribution in [1.82, 2.24) is 15.2 Å². The summed E-state index contributed by atoms with van der Waals surface area (Å²) in [4.78, 5) is 31.4. The van der Waals surface area contributed by atoms with Gasteiger partial charge in [-0.1, -0.05) is 24.3 Å². The molecule has 0 bridgehead atoms. The monoisotopic (exact) mass is 403 g/mol. The van der Waals surface area contributed by atoms with Crippen molar-refractivity contribution in [3.8, 4) is 0 Å². The molecule has 3 aliphatic rings. The summed E-state index contributed by atoms with van der Waals surface area (Å²) in [6, 6.07) is 12.2. The van der Waals surface area contributed by atoms with Crippen molar-refractivity contribution < 1.29 is 9.59 Å². The molecule has 0 radical (unpaired) electrons. The van der Waals surface area contributed by atoms with Crippen LogP contribution in [0, 0.1) is 5.92 Å². The number of amides is 2. The molecule has 1 saturated carbocycles. The van der Waals surface area contributed by atoms with Crippen LogP contribution in [0.15, 0.2) is 48.8 Å². The lowest BCUT2D eigenvalue weighted by Gasteiger charge is -2.40. The predicted molar refractivity (Wildman–Crippen MR) is 115 cm³/mol. The number of likely N-dealkylation sites (tertiary alicyclic amines) is 1. The number of hydrogen-bond donors (Lipinski definition) is 1. The molecular formula is C25H29N3O2. The van der Waals surface area contributed by atoms with Crippen LogP contribution in [-0.2, 0) is 10.2 Å². The quantitative estimate of drug-likeness (QED) is 0.829. The molecule has 1 atom stereocenters. The van der Waals surface area contributed by atoms with Gasteiger partial charge in [-0.25, -0.2) is 0 Å². The third-order valence-corrected chi connectivity index (χ3v) is 7.26. The Balaban J connectivity index is 1.28. The van der Waals surface area contributed by atoms with Crippen molar-refractivity contribution in [3.63, 3.8) is 0 Å². The zero-order chi connectivity index (χ0) is 20.6. The molecular weight excluding hydrogens is 374 g/mol.